The predicted molar refractivity (Wildman–Crippen MR) is 107 cm³/mol. The summed E-state index contributed by atoms with van der Waals surface area (Å²) in [6, 6.07) is 1.73. The third-order valence-electron chi connectivity index (χ3n) is 4.05. The molecule has 0 saturated heterocycles. The SMILES string of the molecule is CCOCCn1cnc2sc(C(=O)Nc3c(F)cc(F)cc3Br)c(C)c2c1=O. The van der Waals surface area contributed by atoms with Crippen LogP contribution in [-0.4, -0.2) is 28.7 Å². The average molecular weight is 472 g/mol. The normalized spacial score (nSPS) is 11.2. The topological polar surface area (TPSA) is 73.2 Å². The number of ether oxygens (including phenoxy) is 1. The van der Waals surface area contributed by atoms with Crippen LogP contribution in [0.25, 0.3) is 10.2 Å². The molecule has 0 unspecified atom stereocenters. The maximum absolute atomic E-state index is 14.0. The average Bonchev–Trinajstić information content (AvgIpc) is 2.97. The maximum atomic E-state index is 14.0. The van der Waals surface area contributed by atoms with Crippen LogP contribution in [0, 0.1) is 18.6 Å². The first-order valence-corrected chi connectivity index (χ1v) is 9.96. The largest absolute Gasteiger partial charge is 0.380 e. The van der Waals surface area contributed by atoms with Gasteiger partial charge in [-0.2, -0.15) is 0 Å². The molecule has 3 aromatic rings. The fourth-order valence-corrected chi connectivity index (χ4v) is 4.22. The molecule has 0 spiro atoms. The number of nitrogens with zero attached hydrogens (tertiary/aromatic N) is 2. The molecule has 0 saturated carbocycles. The third kappa shape index (κ3) is 3.98. The number of benzene rings is 1. The van der Waals surface area contributed by atoms with E-state index in [-0.39, 0.29) is 20.6 Å². The number of amides is 1. The van der Waals surface area contributed by atoms with E-state index in [0.717, 1.165) is 17.4 Å². The molecule has 3 rings (SSSR count). The minimum atomic E-state index is -0.907. The van der Waals surface area contributed by atoms with Crippen LogP contribution in [0.5, 0.6) is 0 Å². The van der Waals surface area contributed by atoms with Gasteiger partial charge in [0.25, 0.3) is 11.5 Å². The Kier molecular flexibility index (Phi) is 6.21. The second-order valence-electron chi connectivity index (χ2n) is 5.87. The van der Waals surface area contributed by atoms with E-state index in [9.17, 15) is 18.4 Å². The molecule has 0 bridgehead atoms. The number of hydrogen-bond acceptors (Lipinski definition) is 5. The fraction of sp³-hybridized carbons (Fsp3) is 0.278. The summed E-state index contributed by atoms with van der Waals surface area (Å²) in [6.45, 7) is 4.76. The van der Waals surface area contributed by atoms with Crippen molar-refractivity contribution >= 4 is 49.1 Å². The Labute approximate surface area is 171 Å². The molecule has 148 valence electrons. The molecule has 0 aliphatic carbocycles. The highest BCUT2D eigenvalue weighted by atomic mass is 79.9. The van der Waals surface area contributed by atoms with E-state index in [2.05, 4.69) is 26.2 Å². The molecule has 1 N–H and O–H groups in total. The molecule has 0 aliphatic rings. The quantitative estimate of drug-likeness (QED) is 0.549. The number of anilines is 1. The summed E-state index contributed by atoms with van der Waals surface area (Å²) in [7, 11) is 0. The minimum Gasteiger partial charge on any atom is -0.380 e. The van der Waals surface area contributed by atoms with Crippen LogP contribution in [0.15, 0.2) is 27.7 Å². The van der Waals surface area contributed by atoms with E-state index in [1.54, 1.807) is 6.92 Å². The van der Waals surface area contributed by atoms with Crippen molar-refractivity contribution in [3.63, 3.8) is 0 Å². The van der Waals surface area contributed by atoms with Crippen LogP contribution in [-0.2, 0) is 11.3 Å². The molecule has 0 radical (unpaired) electrons. The molecule has 0 aliphatic heterocycles. The Morgan fingerprint density at radius 2 is 2.14 bits per heavy atom. The number of fused-ring (bicyclic) bond motifs is 1. The van der Waals surface area contributed by atoms with Crippen LogP contribution in [0.1, 0.15) is 22.2 Å². The smallest absolute Gasteiger partial charge is 0.266 e. The zero-order valence-electron chi connectivity index (χ0n) is 15.0. The van der Waals surface area contributed by atoms with Gasteiger partial charge in [0.05, 0.1) is 35.4 Å². The molecule has 1 amide bonds. The first kappa shape index (κ1) is 20.6. The minimum absolute atomic E-state index is 0.0773. The van der Waals surface area contributed by atoms with E-state index in [4.69, 9.17) is 4.74 Å². The molecule has 10 heteroatoms. The Morgan fingerprint density at radius 1 is 1.39 bits per heavy atom. The lowest BCUT2D eigenvalue weighted by Crippen LogP contribution is -2.23. The van der Waals surface area contributed by atoms with E-state index >= 15 is 0 Å². The predicted octanol–water partition coefficient (Wildman–Crippen LogP) is 4.10. The van der Waals surface area contributed by atoms with Crippen molar-refractivity contribution in [2.24, 2.45) is 0 Å². The summed E-state index contributed by atoms with van der Waals surface area (Å²) in [5, 5.41) is 2.77. The van der Waals surface area contributed by atoms with Gasteiger partial charge in [-0.15, -0.1) is 11.3 Å². The van der Waals surface area contributed by atoms with Crippen LogP contribution >= 0.6 is 27.3 Å². The number of aryl methyl sites for hydroxylation is 1. The van der Waals surface area contributed by atoms with Gasteiger partial charge in [-0.25, -0.2) is 13.8 Å². The molecule has 1 aromatic carbocycles. The maximum Gasteiger partial charge on any atom is 0.266 e. The number of carbonyl (C=O) groups excluding carboxylic acids is 1. The Bertz CT molecular complexity index is 1090. The van der Waals surface area contributed by atoms with Crippen LogP contribution in [0.4, 0.5) is 14.5 Å². The van der Waals surface area contributed by atoms with Gasteiger partial charge in [0.2, 0.25) is 0 Å². The zero-order chi connectivity index (χ0) is 20.4. The van der Waals surface area contributed by atoms with E-state index in [0.29, 0.717) is 41.6 Å². The van der Waals surface area contributed by atoms with Crippen molar-refractivity contribution < 1.29 is 18.3 Å². The number of nitrogens with one attached hydrogen (secondary N) is 1. The van der Waals surface area contributed by atoms with Gasteiger partial charge in [-0.05, 0) is 41.4 Å². The molecule has 6 nitrogen and oxygen atoms in total. The van der Waals surface area contributed by atoms with Gasteiger partial charge in [0.1, 0.15) is 10.6 Å². The Hall–Kier alpha value is -2.17. The summed E-state index contributed by atoms with van der Waals surface area (Å²) in [6.07, 6.45) is 1.41. The van der Waals surface area contributed by atoms with E-state index in [1.165, 1.54) is 10.9 Å². The van der Waals surface area contributed by atoms with E-state index in [1.807, 2.05) is 6.92 Å². The molecule has 2 heterocycles. The molecule has 2 aromatic heterocycles. The van der Waals surface area contributed by atoms with Crippen LogP contribution < -0.4 is 10.9 Å². The third-order valence-corrected chi connectivity index (χ3v) is 5.87. The molecular weight excluding hydrogens is 456 g/mol. The van der Waals surface area contributed by atoms with Crippen molar-refractivity contribution in [3.8, 4) is 0 Å². The van der Waals surface area contributed by atoms with Crippen LogP contribution in [0.3, 0.4) is 0 Å². The molecule has 0 atom stereocenters. The Morgan fingerprint density at radius 3 is 2.82 bits per heavy atom. The number of rotatable bonds is 6. The molecule has 0 fully saturated rings. The highest BCUT2D eigenvalue weighted by molar-refractivity contribution is 9.10. The van der Waals surface area contributed by atoms with Crippen LogP contribution in [0.2, 0.25) is 0 Å². The first-order chi connectivity index (χ1) is 13.3. The number of aromatic nitrogens is 2. The second-order valence-corrected chi connectivity index (χ2v) is 7.73. The number of hydrogen-bond donors (Lipinski definition) is 1. The second kappa shape index (κ2) is 8.46. The molecule has 28 heavy (non-hydrogen) atoms. The lowest BCUT2D eigenvalue weighted by molar-refractivity contribution is 0.102. The highest BCUT2D eigenvalue weighted by Crippen LogP contribution is 2.31. The number of halogens is 3. The van der Waals surface area contributed by atoms with Gasteiger partial charge in [-0.1, -0.05) is 0 Å². The molecular formula is C18H16BrF2N3O3S. The first-order valence-electron chi connectivity index (χ1n) is 8.35. The standard InChI is InChI=1S/C18H16BrF2N3O3S/c1-3-27-5-4-24-8-22-17-13(18(24)26)9(2)15(28-17)16(25)23-14-11(19)6-10(20)7-12(14)21/h6-8H,3-5H2,1-2H3,(H,23,25). The van der Waals surface area contributed by atoms with Crippen molar-refractivity contribution in [3.05, 3.63) is 55.4 Å². The highest BCUT2D eigenvalue weighted by Gasteiger charge is 2.21. The summed E-state index contributed by atoms with van der Waals surface area (Å²) in [5.41, 5.74) is 0.0105. The lowest BCUT2D eigenvalue weighted by Gasteiger charge is -2.08. The lowest BCUT2D eigenvalue weighted by atomic mass is 10.2. The summed E-state index contributed by atoms with van der Waals surface area (Å²) in [5.74, 6) is -2.28. The van der Waals surface area contributed by atoms with Crippen molar-refractivity contribution in [1.29, 1.82) is 0 Å². The monoisotopic (exact) mass is 471 g/mol. The summed E-state index contributed by atoms with van der Waals surface area (Å²) in [4.78, 5) is 30.3. The van der Waals surface area contributed by atoms with Crippen molar-refractivity contribution in [2.45, 2.75) is 20.4 Å². The van der Waals surface area contributed by atoms with E-state index < -0.39 is 17.5 Å². The number of carbonyl (C=O) groups is 1. The van der Waals surface area contributed by atoms with Gasteiger partial charge >= 0.3 is 0 Å². The number of thiophene rings is 1. The summed E-state index contributed by atoms with van der Waals surface area (Å²) >= 11 is 4.07. The fourth-order valence-electron chi connectivity index (χ4n) is 2.67. The van der Waals surface area contributed by atoms with Gasteiger partial charge < -0.3 is 10.1 Å². The van der Waals surface area contributed by atoms with Crippen molar-refractivity contribution in [1.82, 2.24) is 9.55 Å². The zero-order valence-corrected chi connectivity index (χ0v) is 17.4. The van der Waals surface area contributed by atoms with Gasteiger partial charge in [-0.3, -0.25) is 14.2 Å². The summed E-state index contributed by atoms with van der Waals surface area (Å²) < 4.78 is 34.0. The Balaban J connectivity index is 1.95. The van der Waals surface area contributed by atoms with Gasteiger partial charge in [0, 0.05) is 17.1 Å². The van der Waals surface area contributed by atoms with Gasteiger partial charge in [0.15, 0.2) is 5.82 Å². The van der Waals surface area contributed by atoms with Crippen molar-refractivity contribution in [2.75, 3.05) is 18.5 Å².